The first kappa shape index (κ1) is 18.8. The van der Waals surface area contributed by atoms with Crippen LogP contribution in [0.1, 0.15) is 11.1 Å². The van der Waals surface area contributed by atoms with Crippen molar-refractivity contribution < 1.29 is 8.42 Å². The quantitative estimate of drug-likeness (QED) is 0.545. The van der Waals surface area contributed by atoms with Gasteiger partial charge < -0.3 is 0 Å². The molecule has 26 heavy (non-hydrogen) atoms. The normalized spacial score (nSPS) is 11.3. The molecule has 0 radical (unpaired) electrons. The lowest BCUT2D eigenvalue weighted by Crippen LogP contribution is -2.30. The molecule has 3 aromatic rings. The molecule has 0 saturated heterocycles. The highest BCUT2D eigenvalue weighted by atomic mass is 35.5. The van der Waals surface area contributed by atoms with Gasteiger partial charge in [-0.25, -0.2) is 8.42 Å². The number of anilines is 1. The number of halogens is 2. The highest BCUT2D eigenvalue weighted by Crippen LogP contribution is 2.28. The fraction of sp³-hybridized carbons (Fsp3) is 0.100. The molecule has 0 unspecified atom stereocenters. The molecule has 3 nitrogen and oxygen atoms in total. The van der Waals surface area contributed by atoms with Gasteiger partial charge in [-0.1, -0.05) is 65.2 Å². The summed E-state index contributed by atoms with van der Waals surface area (Å²) in [6, 6.07) is 20.9. The fourth-order valence-corrected chi connectivity index (χ4v) is 4.34. The van der Waals surface area contributed by atoms with Crippen LogP contribution in [0.4, 0.5) is 5.69 Å². The first-order valence-corrected chi connectivity index (χ1v) is 10.2. The van der Waals surface area contributed by atoms with Crippen LogP contribution in [-0.2, 0) is 16.6 Å². The molecule has 0 aliphatic carbocycles. The van der Waals surface area contributed by atoms with Crippen molar-refractivity contribution >= 4 is 38.9 Å². The Labute approximate surface area is 163 Å². The van der Waals surface area contributed by atoms with Crippen molar-refractivity contribution in [1.29, 1.82) is 0 Å². The number of hydrogen-bond acceptors (Lipinski definition) is 2. The second-order valence-electron chi connectivity index (χ2n) is 5.91. The molecule has 0 spiro atoms. The summed E-state index contributed by atoms with van der Waals surface area (Å²) in [6.45, 7) is 2.11. The van der Waals surface area contributed by atoms with Gasteiger partial charge in [-0.15, -0.1) is 0 Å². The van der Waals surface area contributed by atoms with Crippen LogP contribution >= 0.6 is 23.2 Å². The number of aryl methyl sites for hydroxylation is 1. The fourth-order valence-electron chi connectivity index (χ4n) is 2.55. The van der Waals surface area contributed by atoms with Crippen molar-refractivity contribution in [2.45, 2.75) is 18.4 Å². The number of hydrogen-bond donors (Lipinski definition) is 0. The topological polar surface area (TPSA) is 37.4 Å². The van der Waals surface area contributed by atoms with Gasteiger partial charge in [0.05, 0.1) is 27.2 Å². The summed E-state index contributed by atoms with van der Waals surface area (Å²) >= 11 is 12.1. The minimum Gasteiger partial charge on any atom is -0.262 e. The molecule has 0 aliphatic heterocycles. The minimum absolute atomic E-state index is 0.150. The van der Waals surface area contributed by atoms with Crippen LogP contribution < -0.4 is 4.31 Å². The van der Waals surface area contributed by atoms with E-state index in [0.29, 0.717) is 15.7 Å². The molecule has 0 amide bonds. The van der Waals surface area contributed by atoms with E-state index in [0.717, 1.165) is 11.1 Å². The van der Waals surface area contributed by atoms with Crippen LogP contribution in [0, 0.1) is 6.92 Å². The largest absolute Gasteiger partial charge is 0.264 e. The van der Waals surface area contributed by atoms with Gasteiger partial charge in [0.2, 0.25) is 0 Å². The van der Waals surface area contributed by atoms with E-state index in [4.69, 9.17) is 23.2 Å². The first-order chi connectivity index (χ1) is 12.4. The third-order valence-electron chi connectivity index (χ3n) is 3.96. The number of rotatable bonds is 5. The van der Waals surface area contributed by atoms with Gasteiger partial charge in [0.15, 0.2) is 0 Å². The van der Waals surface area contributed by atoms with Gasteiger partial charge >= 0.3 is 0 Å². The summed E-state index contributed by atoms with van der Waals surface area (Å²) in [4.78, 5) is 0.237. The second-order valence-corrected chi connectivity index (χ2v) is 8.59. The van der Waals surface area contributed by atoms with Crippen molar-refractivity contribution in [1.82, 2.24) is 0 Å². The van der Waals surface area contributed by atoms with Crippen LogP contribution in [-0.4, -0.2) is 8.42 Å². The Morgan fingerprint density at radius 1 is 0.846 bits per heavy atom. The Bertz CT molecular complexity index is 1000. The lowest BCUT2D eigenvalue weighted by molar-refractivity contribution is 0.590. The van der Waals surface area contributed by atoms with Crippen LogP contribution in [0.2, 0.25) is 10.0 Å². The zero-order valence-corrected chi connectivity index (χ0v) is 16.4. The Morgan fingerprint density at radius 3 is 2.12 bits per heavy atom. The average molecular weight is 406 g/mol. The third kappa shape index (κ3) is 4.04. The zero-order valence-electron chi connectivity index (χ0n) is 14.1. The Morgan fingerprint density at radius 2 is 1.50 bits per heavy atom. The Hall–Kier alpha value is -2.01. The summed E-state index contributed by atoms with van der Waals surface area (Å²) in [7, 11) is -3.73. The predicted molar refractivity (Wildman–Crippen MR) is 107 cm³/mol. The van der Waals surface area contributed by atoms with E-state index in [9.17, 15) is 8.42 Å². The monoisotopic (exact) mass is 405 g/mol. The molecule has 3 rings (SSSR count). The zero-order chi connectivity index (χ0) is 18.7. The summed E-state index contributed by atoms with van der Waals surface area (Å²) in [6.07, 6.45) is 0. The molecule has 0 bridgehead atoms. The van der Waals surface area contributed by atoms with Crippen molar-refractivity contribution in [3.05, 3.63) is 94.0 Å². The average Bonchev–Trinajstić information content (AvgIpc) is 2.64. The van der Waals surface area contributed by atoms with Gasteiger partial charge in [0.1, 0.15) is 0 Å². The van der Waals surface area contributed by atoms with E-state index in [2.05, 4.69) is 0 Å². The van der Waals surface area contributed by atoms with E-state index < -0.39 is 10.0 Å². The van der Waals surface area contributed by atoms with Gasteiger partial charge in [-0.2, -0.15) is 0 Å². The molecule has 0 fully saturated rings. The summed E-state index contributed by atoms with van der Waals surface area (Å²) in [5, 5.41) is 0.827. The summed E-state index contributed by atoms with van der Waals surface area (Å²) in [5.74, 6) is 0. The second kappa shape index (κ2) is 7.70. The highest BCUT2D eigenvalue weighted by molar-refractivity contribution is 7.92. The molecule has 0 heterocycles. The van der Waals surface area contributed by atoms with E-state index in [1.165, 1.54) is 4.31 Å². The smallest absolute Gasteiger partial charge is 0.262 e. The highest BCUT2D eigenvalue weighted by Gasteiger charge is 2.25. The molecule has 0 N–H and O–H groups in total. The third-order valence-corrected chi connectivity index (χ3v) is 6.49. The van der Waals surface area contributed by atoms with Crippen LogP contribution in [0.25, 0.3) is 0 Å². The maximum atomic E-state index is 13.2. The predicted octanol–water partition coefficient (Wildman–Crippen LogP) is 5.70. The van der Waals surface area contributed by atoms with E-state index in [1.54, 1.807) is 60.7 Å². The van der Waals surface area contributed by atoms with E-state index in [-0.39, 0.29) is 11.4 Å². The molecule has 0 saturated carbocycles. The lowest BCUT2D eigenvalue weighted by Gasteiger charge is -2.25. The maximum absolute atomic E-state index is 13.2. The molecule has 3 aromatic carbocycles. The first-order valence-electron chi connectivity index (χ1n) is 7.96. The van der Waals surface area contributed by atoms with Crippen molar-refractivity contribution in [3.63, 3.8) is 0 Å². The SMILES string of the molecule is Cc1ccc(N(Cc2ccc(Cl)c(Cl)c2)S(=O)(=O)c2ccccc2)cc1. The molecule has 6 heteroatoms. The van der Waals surface area contributed by atoms with Gasteiger partial charge in [-0.3, -0.25) is 4.31 Å². The van der Waals surface area contributed by atoms with E-state index >= 15 is 0 Å². The van der Waals surface area contributed by atoms with Gasteiger partial charge in [0, 0.05) is 0 Å². The molecular weight excluding hydrogens is 389 g/mol. The molecular formula is C20H17Cl2NO2S. The van der Waals surface area contributed by atoms with E-state index in [1.807, 2.05) is 19.1 Å². The molecule has 0 atom stereocenters. The Balaban J connectivity index is 2.07. The van der Waals surface area contributed by atoms with Crippen LogP contribution in [0.5, 0.6) is 0 Å². The number of nitrogens with zero attached hydrogens (tertiary/aromatic N) is 1. The Kier molecular flexibility index (Phi) is 5.56. The van der Waals surface area contributed by atoms with Crippen molar-refractivity contribution in [2.75, 3.05) is 4.31 Å². The minimum atomic E-state index is -3.73. The van der Waals surface area contributed by atoms with Crippen LogP contribution in [0.3, 0.4) is 0 Å². The van der Waals surface area contributed by atoms with Crippen molar-refractivity contribution in [2.24, 2.45) is 0 Å². The lowest BCUT2D eigenvalue weighted by atomic mass is 10.2. The van der Waals surface area contributed by atoms with Crippen LogP contribution in [0.15, 0.2) is 77.7 Å². The molecule has 0 aliphatic rings. The van der Waals surface area contributed by atoms with Gasteiger partial charge in [0.25, 0.3) is 10.0 Å². The van der Waals surface area contributed by atoms with Gasteiger partial charge in [-0.05, 0) is 48.9 Å². The molecule has 0 aromatic heterocycles. The number of sulfonamides is 1. The number of benzene rings is 3. The molecule has 134 valence electrons. The maximum Gasteiger partial charge on any atom is 0.264 e. The van der Waals surface area contributed by atoms with Crippen molar-refractivity contribution in [3.8, 4) is 0 Å². The standard InChI is InChI=1S/C20H17Cl2NO2S/c1-15-7-10-17(11-8-15)23(14-16-9-12-19(21)20(22)13-16)26(24,25)18-5-3-2-4-6-18/h2-13H,14H2,1H3. The summed E-state index contributed by atoms with van der Waals surface area (Å²) < 4.78 is 27.9. The summed E-state index contributed by atoms with van der Waals surface area (Å²) in [5.41, 5.74) is 2.39.